The van der Waals surface area contributed by atoms with Gasteiger partial charge in [-0.3, -0.25) is 0 Å². The molecule has 68 valence electrons. The van der Waals surface area contributed by atoms with E-state index in [1.165, 1.54) is 0 Å². The van der Waals surface area contributed by atoms with Crippen molar-refractivity contribution in [1.82, 2.24) is 14.9 Å². The van der Waals surface area contributed by atoms with Crippen LogP contribution in [0.5, 0.6) is 0 Å². The first kappa shape index (κ1) is 8.62. The molecule has 0 aromatic carbocycles. The van der Waals surface area contributed by atoms with Gasteiger partial charge < -0.3 is 11.6 Å². The van der Waals surface area contributed by atoms with Crippen LogP contribution in [0.1, 0.15) is 5.82 Å². The van der Waals surface area contributed by atoms with Crippen LogP contribution in [0.15, 0.2) is 0 Å². The molecule has 0 aliphatic heterocycles. The molecule has 0 bridgehead atoms. The van der Waals surface area contributed by atoms with E-state index in [1.54, 1.807) is 0 Å². The Morgan fingerprint density at radius 1 is 1.33 bits per heavy atom. The molecule has 0 fully saturated rings. The second kappa shape index (κ2) is 2.54. The minimum atomic E-state index is -4.35. The highest BCUT2D eigenvalue weighted by atomic mass is 19.4. The lowest BCUT2D eigenvalue weighted by atomic mass is 10.4. The molecule has 4 N–H and O–H groups in total. The third-order valence-electron chi connectivity index (χ3n) is 1.15. The normalized spacial score (nSPS) is 11.9. The van der Waals surface area contributed by atoms with E-state index in [2.05, 4.69) is 10.2 Å². The largest absolute Gasteiger partial charge is 0.396 e. The fourth-order valence-electron chi connectivity index (χ4n) is 0.637. The maximum absolute atomic E-state index is 11.8. The smallest absolute Gasteiger partial charge is 0.366 e. The minimum Gasteiger partial charge on any atom is -0.366 e. The van der Waals surface area contributed by atoms with Gasteiger partial charge in [0.05, 0.1) is 0 Å². The molecule has 0 saturated heterocycles. The molecule has 1 aromatic heterocycles. The van der Waals surface area contributed by atoms with Crippen molar-refractivity contribution < 1.29 is 13.2 Å². The summed E-state index contributed by atoms with van der Waals surface area (Å²) in [5.41, 5.74) is 5.06. The topological polar surface area (TPSA) is 82.8 Å². The highest BCUT2D eigenvalue weighted by Crippen LogP contribution is 2.19. The third kappa shape index (κ3) is 1.77. The monoisotopic (exact) mass is 181 g/mol. The Kier molecular flexibility index (Phi) is 1.82. The molecule has 1 heterocycles. The zero-order valence-corrected chi connectivity index (χ0v) is 5.84. The van der Waals surface area contributed by atoms with Gasteiger partial charge >= 0.3 is 6.18 Å². The molecule has 1 aromatic rings. The van der Waals surface area contributed by atoms with Crippen LogP contribution < -0.4 is 11.6 Å². The van der Waals surface area contributed by atoms with E-state index in [0.717, 1.165) is 0 Å². The van der Waals surface area contributed by atoms with Crippen LogP contribution in [-0.4, -0.2) is 21.0 Å². The summed E-state index contributed by atoms with van der Waals surface area (Å²) in [4.78, 5) is 0. The van der Waals surface area contributed by atoms with E-state index in [9.17, 15) is 13.2 Å². The van der Waals surface area contributed by atoms with Crippen molar-refractivity contribution in [2.45, 2.75) is 12.6 Å². The van der Waals surface area contributed by atoms with Crippen molar-refractivity contribution >= 4 is 5.95 Å². The van der Waals surface area contributed by atoms with Crippen LogP contribution in [-0.2, 0) is 6.42 Å². The number of halogens is 3. The van der Waals surface area contributed by atoms with Gasteiger partial charge in [0, 0.05) is 0 Å². The maximum Gasteiger partial charge on any atom is 0.396 e. The number of nitrogen functional groups attached to an aromatic ring is 2. The number of hydrogen-bond acceptors (Lipinski definition) is 4. The van der Waals surface area contributed by atoms with Crippen molar-refractivity contribution in [3.05, 3.63) is 5.82 Å². The van der Waals surface area contributed by atoms with Crippen LogP contribution in [0.3, 0.4) is 0 Å². The minimum absolute atomic E-state index is 0.241. The first-order valence-corrected chi connectivity index (χ1v) is 2.92. The Labute approximate surface area is 65.1 Å². The lowest BCUT2D eigenvalue weighted by Gasteiger charge is -2.04. The Balaban J connectivity index is 2.83. The Hall–Kier alpha value is -1.47. The van der Waals surface area contributed by atoms with Gasteiger partial charge in [-0.2, -0.15) is 13.2 Å². The number of rotatable bonds is 1. The lowest BCUT2D eigenvalue weighted by Crippen LogP contribution is -2.21. The molecule has 1 rings (SSSR count). The summed E-state index contributed by atoms with van der Waals surface area (Å²) < 4.78 is 35.9. The number of nitrogens with zero attached hydrogens (tertiary/aromatic N) is 3. The summed E-state index contributed by atoms with van der Waals surface area (Å²) >= 11 is 0. The fourth-order valence-corrected chi connectivity index (χ4v) is 0.637. The standard InChI is InChI=1S/C4H6F3N5/c5-4(6,7)1-2-10-11-3(8)12(2)9/h1,9H2,(H2,8,11). The average molecular weight is 181 g/mol. The predicted octanol–water partition coefficient (Wildman–Crippen LogP) is -0.321. The quantitative estimate of drug-likeness (QED) is 0.581. The van der Waals surface area contributed by atoms with Crippen molar-refractivity contribution in [2.75, 3.05) is 11.6 Å². The molecule has 0 spiro atoms. The highest BCUT2D eigenvalue weighted by molar-refractivity contribution is 5.17. The van der Waals surface area contributed by atoms with Gasteiger partial charge in [0.15, 0.2) is 5.82 Å². The molecule has 0 radical (unpaired) electrons. The molecule has 0 amide bonds. The summed E-state index contributed by atoms with van der Waals surface area (Å²) in [6, 6.07) is 0. The van der Waals surface area contributed by atoms with E-state index >= 15 is 0 Å². The van der Waals surface area contributed by atoms with Gasteiger partial charge in [-0.25, -0.2) is 4.68 Å². The van der Waals surface area contributed by atoms with E-state index < -0.39 is 18.4 Å². The van der Waals surface area contributed by atoms with Crippen molar-refractivity contribution in [3.8, 4) is 0 Å². The third-order valence-corrected chi connectivity index (χ3v) is 1.15. The Morgan fingerprint density at radius 2 is 1.92 bits per heavy atom. The first-order valence-electron chi connectivity index (χ1n) is 2.92. The number of nitrogens with two attached hydrogens (primary N) is 2. The van der Waals surface area contributed by atoms with Gasteiger partial charge in [-0.1, -0.05) is 0 Å². The van der Waals surface area contributed by atoms with Gasteiger partial charge in [0.2, 0.25) is 5.95 Å². The fraction of sp³-hybridized carbons (Fsp3) is 0.500. The zero-order chi connectivity index (χ0) is 9.35. The van der Waals surface area contributed by atoms with Crippen molar-refractivity contribution in [3.63, 3.8) is 0 Å². The first-order chi connectivity index (χ1) is 5.40. The van der Waals surface area contributed by atoms with Crippen LogP contribution >= 0.6 is 0 Å². The second-order valence-corrected chi connectivity index (χ2v) is 2.14. The highest BCUT2D eigenvalue weighted by Gasteiger charge is 2.30. The molecule has 8 heteroatoms. The summed E-state index contributed by atoms with van der Waals surface area (Å²) in [6.07, 6.45) is -5.58. The summed E-state index contributed by atoms with van der Waals surface area (Å²) in [5.74, 6) is 4.43. The number of anilines is 1. The molecule has 0 aliphatic rings. The van der Waals surface area contributed by atoms with Gasteiger partial charge in [-0.05, 0) is 0 Å². The van der Waals surface area contributed by atoms with Gasteiger partial charge in [0.1, 0.15) is 6.42 Å². The van der Waals surface area contributed by atoms with E-state index in [4.69, 9.17) is 11.6 Å². The van der Waals surface area contributed by atoms with Crippen LogP contribution in [0.25, 0.3) is 0 Å². The molecular weight excluding hydrogens is 175 g/mol. The molecule has 12 heavy (non-hydrogen) atoms. The number of alkyl halides is 3. The zero-order valence-electron chi connectivity index (χ0n) is 5.84. The van der Waals surface area contributed by atoms with E-state index in [1.807, 2.05) is 0 Å². The number of hydrogen-bond donors (Lipinski definition) is 2. The van der Waals surface area contributed by atoms with Gasteiger partial charge in [0.25, 0.3) is 0 Å². The number of aromatic nitrogens is 3. The van der Waals surface area contributed by atoms with Crippen molar-refractivity contribution in [1.29, 1.82) is 0 Å². The van der Waals surface area contributed by atoms with E-state index in [0.29, 0.717) is 4.68 Å². The molecule has 0 saturated carbocycles. The Bertz CT molecular complexity index is 277. The molecule has 5 nitrogen and oxygen atoms in total. The predicted molar refractivity (Wildman–Crippen MR) is 34.3 cm³/mol. The summed E-state index contributed by atoms with van der Waals surface area (Å²) in [6.45, 7) is 0. The SMILES string of the molecule is Nc1nnc(CC(F)(F)F)n1N. The lowest BCUT2D eigenvalue weighted by molar-refractivity contribution is -0.128. The van der Waals surface area contributed by atoms with Crippen molar-refractivity contribution in [2.24, 2.45) is 0 Å². The summed E-state index contributed by atoms with van der Waals surface area (Å²) in [5, 5.41) is 6.31. The molecule has 0 atom stereocenters. The van der Waals surface area contributed by atoms with Crippen LogP contribution in [0, 0.1) is 0 Å². The molecule has 0 unspecified atom stereocenters. The second-order valence-electron chi connectivity index (χ2n) is 2.14. The van der Waals surface area contributed by atoms with E-state index in [-0.39, 0.29) is 5.95 Å². The average Bonchev–Trinajstić information content (AvgIpc) is 2.16. The maximum atomic E-state index is 11.8. The van der Waals surface area contributed by atoms with Crippen LogP contribution in [0.2, 0.25) is 0 Å². The summed E-state index contributed by atoms with van der Waals surface area (Å²) in [7, 11) is 0. The Morgan fingerprint density at radius 3 is 2.25 bits per heavy atom. The molecule has 0 aliphatic carbocycles. The molecular formula is C4H6F3N5. The van der Waals surface area contributed by atoms with Gasteiger partial charge in [-0.15, -0.1) is 10.2 Å². The van der Waals surface area contributed by atoms with Crippen LogP contribution in [0.4, 0.5) is 19.1 Å².